The third kappa shape index (κ3) is 1.72. The molecule has 92 valence electrons. The summed E-state index contributed by atoms with van der Waals surface area (Å²) in [5.41, 5.74) is 9.84. The third-order valence-corrected chi connectivity index (χ3v) is 3.86. The van der Waals surface area contributed by atoms with Gasteiger partial charge in [-0.3, -0.25) is 0 Å². The van der Waals surface area contributed by atoms with E-state index >= 15 is 0 Å². The highest BCUT2D eigenvalue weighted by atomic mass is 32.1. The Kier molecular flexibility index (Phi) is 2.65. The minimum atomic E-state index is 0.480. The predicted molar refractivity (Wildman–Crippen MR) is 74.5 cm³/mol. The van der Waals surface area contributed by atoms with Gasteiger partial charge in [0.25, 0.3) is 0 Å². The number of rotatable bonds is 2. The molecular weight excluding hydrogens is 244 g/mol. The van der Waals surface area contributed by atoms with Crippen molar-refractivity contribution in [3.05, 3.63) is 34.2 Å². The lowest BCUT2D eigenvalue weighted by Crippen LogP contribution is -1.96. The maximum absolute atomic E-state index is 5.59. The molecular formula is C13H14N4S. The highest BCUT2D eigenvalue weighted by Gasteiger charge is 2.12. The van der Waals surface area contributed by atoms with Crippen LogP contribution >= 0.6 is 11.3 Å². The molecule has 5 heteroatoms. The zero-order valence-electron chi connectivity index (χ0n) is 10.3. The normalized spacial score (nSPS) is 11.3. The fraction of sp³-hybridized carbons (Fsp3) is 0.231. The maximum Gasteiger partial charge on any atom is 0.160 e. The average Bonchev–Trinajstić information content (AvgIpc) is 2.94. The number of imidazole rings is 1. The number of hydrogen-bond donors (Lipinski definition) is 1. The second-order valence-corrected chi connectivity index (χ2v) is 5.26. The lowest BCUT2D eigenvalue weighted by Gasteiger charge is -1.98. The van der Waals surface area contributed by atoms with E-state index in [4.69, 9.17) is 5.73 Å². The SMILES string of the molecule is Cc1ccc2c(c1)nc(-c1csc(CN)n1)n2C. The van der Waals surface area contributed by atoms with E-state index in [1.807, 2.05) is 12.4 Å². The van der Waals surface area contributed by atoms with Crippen molar-refractivity contribution in [1.29, 1.82) is 0 Å². The highest BCUT2D eigenvalue weighted by Crippen LogP contribution is 2.25. The zero-order valence-corrected chi connectivity index (χ0v) is 11.2. The maximum atomic E-state index is 5.59. The van der Waals surface area contributed by atoms with Crippen molar-refractivity contribution < 1.29 is 0 Å². The van der Waals surface area contributed by atoms with Crippen molar-refractivity contribution in [2.75, 3.05) is 0 Å². The fourth-order valence-electron chi connectivity index (χ4n) is 2.05. The van der Waals surface area contributed by atoms with Crippen molar-refractivity contribution in [2.45, 2.75) is 13.5 Å². The molecule has 0 atom stereocenters. The zero-order chi connectivity index (χ0) is 12.7. The number of fused-ring (bicyclic) bond motifs is 1. The van der Waals surface area contributed by atoms with Crippen LogP contribution < -0.4 is 5.73 Å². The number of aryl methyl sites for hydroxylation is 2. The van der Waals surface area contributed by atoms with Crippen molar-refractivity contribution >= 4 is 22.4 Å². The van der Waals surface area contributed by atoms with Gasteiger partial charge >= 0.3 is 0 Å². The summed E-state index contributed by atoms with van der Waals surface area (Å²) < 4.78 is 2.07. The van der Waals surface area contributed by atoms with Crippen molar-refractivity contribution in [3.8, 4) is 11.5 Å². The van der Waals surface area contributed by atoms with Gasteiger partial charge in [-0.05, 0) is 24.6 Å². The van der Waals surface area contributed by atoms with Crippen LogP contribution in [0.4, 0.5) is 0 Å². The summed E-state index contributed by atoms with van der Waals surface area (Å²) in [6.45, 7) is 2.55. The number of nitrogens with zero attached hydrogens (tertiary/aromatic N) is 3. The molecule has 0 spiro atoms. The minimum Gasteiger partial charge on any atom is -0.326 e. The van der Waals surface area contributed by atoms with Gasteiger partial charge in [0, 0.05) is 19.0 Å². The molecule has 3 aromatic rings. The number of nitrogens with two attached hydrogens (primary N) is 1. The molecule has 0 amide bonds. The summed E-state index contributed by atoms with van der Waals surface area (Å²) in [6.07, 6.45) is 0. The van der Waals surface area contributed by atoms with Crippen LogP contribution in [0.1, 0.15) is 10.6 Å². The Morgan fingerprint density at radius 2 is 2.17 bits per heavy atom. The van der Waals surface area contributed by atoms with Crippen LogP contribution in [0, 0.1) is 6.92 Å². The first-order valence-electron chi connectivity index (χ1n) is 5.77. The monoisotopic (exact) mass is 258 g/mol. The molecule has 0 radical (unpaired) electrons. The minimum absolute atomic E-state index is 0.480. The largest absolute Gasteiger partial charge is 0.326 e. The number of benzene rings is 1. The van der Waals surface area contributed by atoms with Gasteiger partial charge in [-0.2, -0.15) is 0 Å². The first kappa shape index (κ1) is 11.4. The standard InChI is InChI=1S/C13H14N4S/c1-8-3-4-11-9(5-8)16-13(17(11)2)10-7-18-12(6-14)15-10/h3-5,7H,6,14H2,1-2H3. The lowest BCUT2D eigenvalue weighted by molar-refractivity contribution is 0.946. The smallest absolute Gasteiger partial charge is 0.160 e. The molecule has 1 aromatic carbocycles. The molecule has 0 aliphatic carbocycles. The van der Waals surface area contributed by atoms with Crippen LogP contribution in [0.15, 0.2) is 23.6 Å². The van der Waals surface area contributed by atoms with Crippen molar-refractivity contribution in [3.63, 3.8) is 0 Å². The molecule has 3 rings (SSSR count). The molecule has 4 nitrogen and oxygen atoms in total. The van der Waals surface area contributed by atoms with Gasteiger partial charge in [0.1, 0.15) is 10.7 Å². The highest BCUT2D eigenvalue weighted by molar-refractivity contribution is 7.09. The first-order valence-corrected chi connectivity index (χ1v) is 6.65. The van der Waals surface area contributed by atoms with Crippen LogP contribution in [0.2, 0.25) is 0 Å². The molecule has 0 fully saturated rings. The van der Waals surface area contributed by atoms with E-state index in [9.17, 15) is 0 Å². The molecule has 2 N–H and O–H groups in total. The summed E-state index contributed by atoms with van der Waals surface area (Å²) in [7, 11) is 2.02. The van der Waals surface area contributed by atoms with Gasteiger partial charge in [0.15, 0.2) is 5.82 Å². The predicted octanol–water partition coefficient (Wildman–Crippen LogP) is 2.46. The summed E-state index contributed by atoms with van der Waals surface area (Å²) in [6, 6.07) is 6.28. The van der Waals surface area contributed by atoms with Crippen LogP contribution in [0.5, 0.6) is 0 Å². The average molecular weight is 258 g/mol. The van der Waals surface area contributed by atoms with Crippen LogP contribution in [-0.2, 0) is 13.6 Å². The third-order valence-electron chi connectivity index (χ3n) is 2.99. The molecule has 0 aliphatic rings. The van der Waals surface area contributed by atoms with Gasteiger partial charge in [0.05, 0.1) is 11.0 Å². The molecule has 18 heavy (non-hydrogen) atoms. The van der Waals surface area contributed by atoms with E-state index in [1.165, 1.54) is 5.56 Å². The topological polar surface area (TPSA) is 56.7 Å². The van der Waals surface area contributed by atoms with E-state index in [2.05, 4.69) is 39.7 Å². The van der Waals surface area contributed by atoms with E-state index < -0.39 is 0 Å². The molecule has 0 bridgehead atoms. The van der Waals surface area contributed by atoms with E-state index in [0.717, 1.165) is 27.6 Å². The fourth-order valence-corrected chi connectivity index (χ4v) is 2.70. The van der Waals surface area contributed by atoms with Gasteiger partial charge in [-0.1, -0.05) is 6.07 Å². The molecule has 2 heterocycles. The lowest BCUT2D eigenvalue weighted by atomic mass is 10.2. The molecule has 2 aromatic heterocycles. The van der Waals surface area contributed by atoms with E-state index in [1.54, 1.807) is 11.3 Å². The quantitative estimate of drug-likeness (QED) is 0.768. The Balaban J connectivity index is 2.20. The Hall–Kier alpha value is -1.72. The summed E-state index contributed by atoms with van der Waals surface area (Å²) in [5.74, 6) is 0.895. The Labute approximate surface area is 109 Å². The van der Waals surface area contributed by atoms with Gasteiger partial charge in [-0.15, -0.1) is 11.3 Å². The number of thiazole rings is 1. The van der Waals surface area contributed by atoms with E-state index in [-0.39, 0.29) is 0 Å². The van der Waals surface area contributed by atoms with Crippen LogP contribution in [0.25, 0.3) is 22.6 Å². The Bertz CT molecular complexity index is 711. The molecule has 0 saturated heterocycles. The van der Waals surface area contributed by atoms with Gasteiger partial charge < -0.3 is 10.3 Å². The van der Waals surface area contributed by atoms with Crippen molar-refractivity contribution in [2.24, 2.45) is 12.8 Å². The van der Waals surface area contributed by atoms with Gasteiger partial charge in [0.2, 0.25) is 0 Å². The van der Waals surface area contributed by atoms with Gasteiger partial charge in [-0.25, -0.2) is 9.97 Å². The molecule has 0 unspecified atom stereocenters. The molecule has 0 aliphatic heterocycles. The van der Waals surface area contributed by atoms with Crippen molar-refractivity contribution in [1.82, 2.24) is 14.5 Å². The first-order chi connectivity index (χ1) is 8.69. The summed E-state index contributed by atoms with van der Waals surface area (Å²) >= 11 is 1.58. The summed E-state index contributed by atoms with van der Waals surface area (Å²) in [4.78, 5) is 9.14. The number of aromatic nitrogens is 3. The second kappa shape index (κ2) is 4.19. The second-order valence-electron chi connectivity index (χ2n) is 4.32. The number of hydrogen-bond acceptors (Lipinski definition) is 4. The summed E-state index contributed by atoms with van der Waals surface area (Å²) in [5, 5.41) is 2.95. The van der Waals surface area contributed by atoms with E-state index in [0.29, 0.717) is 6.54 Å². The van der Waals surface area contributed by atoms with Crippen LogP contribution in [-0.4, -0.2) is 14.5 Å². The molecule has 0 saturated carbocycles. The van der Waals surface area contributed by atoms with Crippen LogP contribution in [0.3, 0.4) is 0 Å². The Morgan fingerprint density at radius 3 is 2.89 bits per heavy atom. The Morgan fingerprint density at radius 1 is 1.33 bits per heavy atom.